The third-order valence-corrected chi connectivity index (χ3v) is 4.21. The minimum atomic E-state index is -0.438. The topological polar surface area (TPSA) is 70.2 Å². The van der Waals surface area contributed by atoms with Gasteiger partial charge >= 0.3 is 6.09 Å². The maximum Gasteiger partial charge on any atom is 0.410 e. The Balaban J connectivity index is 1.83. The molecule has 1 aliphatic heterocycles. The molecule has 1 saturated heterocycles. The molecule has 0 aliphatic carbocycles. The second kappa shape index (κ2) is 7.34. The van der Waals surface area contributed by atoms with Gasteiger partial charge in [0.05, 0.1) is 6.20 Å². The summed E-state index contributed by atoms with van der Waals surface area (Å²) in [7, 11) is 0. The summed E-state index contributed by atoms with van der Waals surface area (Å²) >= 11 is 0. The summed E-state index contributed by atoms with van der Waals surface area (Å²) in [6.07, 6.45) is 4.72. The number of amides is 1. The van der Waals surface area contributed by atoms with Crippen LogP contribution in [0.2, 0.25) is 0 Å². The summed E-state index contributed by atoms with van der Waals surface area (Å²) in [6.45, 7) is 11.5. The Morgan fingerprint density at radius 2 is 2.30 bits per heavy atom. The minimum absolute atomic E-state index is 0.183. The van der Waals surface area contributed by atoms with Crippen LogP contribution >= 0.6 is 0 Å². The average Bonchev–Trinajstić information content (AvgIpc) is 3.03. The van der Waals surface area contributed by atoms with E-state index >= 15 is 0 Å². The Morgan fingerprint density at radius 1 is 1.57 bits per heavy atom. The quantitative estimate of drug-likeness (QED) is 0.874. The summed E-state index contributed by atoms with van der Waals surface area (Å²) in [4.78, 5) is 14.2. The summed E-state index contributed by atoms with van der Waals surface area (Å²) in [5, 5.41) is 10.5. The molecule has 1 aliphatic rings. The first kappa shape index (κ1) is 17.8. The fourth-order valence-corrected chi connectivity index (χ4v) is 2.97. The minimum Gasteiger partial charge on any atom is -0.444 e. The molecule has 130 valence electrons. The van der Waals surface area contributed by atoms with E-state index in [0.29, 0.717) is 6.04 Å². The zero-order chi connectivity index (χ0) is 17.0. The van der Waals surface area contributed by atoms with E-state index in [1.54, 1.807) is 0 Å². The van der Waals surface area contributed by atoms with Crippen LogP contribution in [0.1, 0.15) is 58.2 Å². The number of carbonyl (C=O) groups is 1. The van der Waals surface area contributed by atoms with Gasteiger partial charge in [-0.15, -0.1) is 0 Å². The van der Waals surface area contributed by atoms with E-state index in [0.717, 1.165) is 38.0 Å². The Morgan fingerprint density at radius 3 is 2.91 bits per heavy atom. The molecule has 2 N–H and O–H groups in total. The fraction of sp³-hybridized carbons (Fsp3) is 0.765. The van der Waals surface area contributed by atoms with Crippen molar-refractivity contribution < 1.29 is 9.53 Å². The van der Waals surface area contributed by atoms with Crippen molar-refractivity contribution in [2.75, 3.05) is 6.54 Å². The molecule has 1 aromatic heterocycles. The molecule has 1 aromatic rings. The van der Waals surface area contributed by atoms with Crippen LogP contribution in [0.4, 0.5) is 4.79 Å². The molecule has 23 heavy (non-hydrogen) atoms. The lowest BCUT2D eigenvalue weighted by molar-refractivity contribution is 0.0214. The maximum atomic E-state index is 12.3. The fourth-order valence-electron chi connectivity index (χ4n) is 2.97. The number of nitrogens with zero attached hydrogens (tertiary/aromatic N) is 2. The average molecular weight is 322 g/mol. The van der Waals surface area contributed by atoms with Gasteiger partial charge in [0.2, 0.25) is 0 Å². The van der Waals surface area contributed by atoms with E-state index in [1.807, 2.05) is 38.8 Å². The largest absolute Gasteiger partial charge is 0.444 e. The van der Waals surface area contributed by atoms with Crippen LogP contribution in [-0.2, 0) is 11.3 Å². The number of aromatic nitrogens is 2. The van der Waals surface area contributed by atoms with Gasteiger partial charge in [0.1, 0.15) is 5.60 Å². The highest BCUT2D eigenvalue weighted by molar-refractivity contribution is 5.68. The monoisotopic (exact) mass is 322 g/mol. The number of aryl methyl sites for hydroxylation is 1. The van der Waals surface area contributed by atoms with E-state index in [-0.39, 0.29) is 12.1 Å². The zero-order valence-electron chi connectivity index (χ0n) is 15.0. The first-order valence-electron chi connectivity index (χ1n) is 8.48. The van der Waals surface area contributed by atoms with Crippen LogP contribution < -0.4 is 5.32 Å². The molecule has 6 heteroatoms. The number of aromatic amines is 1. The second-order valence-electron chi connectivity index (χ2n) is 7.51. The third kappa shape index (κ3) is 5.23. The predicted molar refractivity (Wildman–Crippen MR) is 90.2 cm³/mol. The number of rotatable bonds is 5. The van der Waals surface area contributed by atoms with Crippen molar-refractivity contribution in [3.05, 3.63) is 17.5 Å². The Bertz CT molecular complexity index is 521. The molecule has 2 heterocycles. The molecule has 0 radical (unpaired) electrons. The normalized spacial score (nSPS) is 19.9. The van der Waals surface area contributed by atoms with Gasteiger partial charge in [0.25, 0.3) is 0 Å². The number of H-pyrrole nitrogens is 1. The lowest BCUT2D eigenvalue weighted by Gasteiger charge is -2.30. The number of nitrogens with one attached hydrogen (secondary N) is 2. The van der Waals surface area contributed by atoms with Gasteiger partial charge in [-0.2, -0.15) is 5.10 Å². The molecular formula is C17H30N4O2. The molecule has 2 rings (SSSR count). The summed E-state index contributed by atoms with van der Waals surface area (Å²) < 4.78 is 5.52. The maximum absolute atomic E-state index is 12.3. The van der Waals surface area contributed by atoms with Gasteiger partial charge in [-0.05, 0) is 53.9 Å². The zero-order valence-corrected chi connectivity index (χ0v) is 15.0. The lowest BCUT2D eigenvalue weighted by atomic mass is 10.1. The molecule has 0 spiro atoms. The highest BCUT2D eigenvalue weighted by Crippen LogP contribution is 2.24. The molecule has 1 amide bonds. The van der Waals surface area contributed by atoms with E-state index in [9.17, 15) is 4.79 Å². The number of likely N-dealkylation sites (tertiary alicyclic amines) is 1. The Kier molecular flexibility index (Phi) is 5.68. The molecule has 0 bridgehead atoms. The summed E-state index contributed by atoms with van der Waals surface area (Å²) in [5.74, 6) is 0. The SMILES string of the molecule is Cc1[nH]ncc1CNC(C)CC1CCCN1C(=O)OC(C)(C)C. The van der Waals surface area contributed by atoms with Gasteiger partial charge < -0.3 is 15.0 Å². The molecule has 0 aromatic carbocycles. The van der Waals surface area contributed by atoms with Gasteiger partial charge in [-0.3, -0.25) is 5.10 Å². The molecule has 2 unspecified atom stereocenters. The Hall–Kier alpha value is -1.56. The highest BCUT2D eigenvalue weighted by atomic mass is 16.6. The predicted octanol–water partition coefficient (Wildman–Crippen LogP) is 2.99. The van der Waals surface area contributed by atoms with Crippen LogP contribution in [0.25, 0.3) is 0 Å². The van der Waals surface area contributed by atoms with Crippen LogP contribution in [0.5, 0.6) is 0 Å². The van der Waals surface area contributed by atoms with Crippen molar-refractivity contribution in [3.8, 4) is 0 Å². The Labute approximate surface area is 139 Å². The first-order valence-corrected chi connectivity index (χ1v) is 8.48. The highest BCUT2D eigenvalue weighted by Gasteiger charge is 2.32. The van der Waals surface area contributed by atoms with Crippen LogP contribution in [0, 0.1) is 6.92 Å². The van der Waals surface area contributed by atoms with Crippen molar-refractivity contribution in [2.24, 2.45) is 0 Å². The molecule has 6 nitrogen and oxygen atoms in total. The van der Waals surface area contributed by atoms with E-state index in [2.05, 4.69) is 22.4 Å². The summed E-state index contributed by atoms with van der Waals surface area (Å²) in [5.41, 5.74) is 1.85. The van der Waals surface area contributed by atoms with Gasteiger partial charge in [-0.25, -0.2) is 4.79 Å². The molecule has 2 atom stereocenters. The van der Waals surface area contributed by atoms with Crippen molar-refractivity contribution in [2.45, 2.75) is 78.1 Å². The smallest absolute Gasteiger partial charge is 0.410 e. The van der Waals surface area contributed by atoms with E-state index in [4.69, 9.17) is 4.74 Å². The van der Waals surface area contributed by atoms with Crippen LogP contribution in [-0.4, -0.2) is 45.4 Å². The van der Waals surface area contributed by atoms with Gasteiger partial charge in [0, 0.05) is 36.4 Å². The van der Waals surface area contributed by atoms with Crippen LogP contribution in [0.3, 0.4) is 0 Å². The second-order valence-corrected chi connectivity index (χ2v) is 7.51. The van der Waals surface area contributed by atoms with E-state index < -0.39 is 5.60 Å². The standard InChI is InChI=1S/C17H30N4O2/c1-12(18-10-14-11-19-20-13(14)2)9-15-7-6-8-21(15)16(22)23-17(3,4)5/h11-12,15,18H,6-10H2,1-5H3,(H,19,20). The van der Waals surface area contributed by atoms with Crippen molar-refractivity contribution in [1.82, 2.24) is 20.4 Å². The molecule has 1 fully saturated rings. The number of ether oxygens (including phenoxy) is 1. The lowest BCUT2D eigenvalue weighted by Crippen LogP contribution is -2.42. The van der Waals surface area contributed by atoms with Crippen molar-refractivity contribution in [3.63, 3.8) is 0 Å². The van der Waals surface area contributed by atoms with Gasteiger partial charge in [0.15, 0.2) is 0 Å². The van der Waals surface area contributed by atoms with Crippen molar-refractivity contribution >= 4 is 6.09 Å². The van der Waals surface area contributed by atoms with E-state index in [1.165, 1.54) is 5.56 Å². The molecular weight excluding hydrogens is 292 g/mol. The number of carbonyl (C=O) groups excluding carboxylic acids is 1. The number of hydrogen-bond acceptors (Lipinski definition) is 4. The first-order chi connectivity index (χ1) is 10.8. The number of hydrogen-bond donors (Lipinski definition) is 2. The van der Waals surface area contributed by atoms with Crippen molar-refractivity contribution in [1.29, 1.82) is 0 Å². The van der Waals surface area contributed by atoms with Crippen LogP contribution in [0.15, 0.2) is 6.20 Å². The third-order valence-electron chi connectivity index (χ3n) is 4.21. The molecule has 0 saturated carbocycles. The van der Waals surface area contributed by atoms with Gasteiger partial charge in [-0.1, -0.05) is 0 Å². The summed E-state index contributed by atoms with van der Waals surface area (Å²) in [6, 6.07) is 0.593.